The van der Waals surface area contributed by atoms with E-state index in [4.69, 9.17) is 14.2 Å². The molecule has 0 N–H and O–H groups in total. The predicted octanol–water partition coefficient (Wildman–Crippen LogP) is 5.13. The maximum Gasteiger partial charge on any atom is 0.254 e. The Labute approximate surface area is 204 Å². The van der Waals surface area contributed by atoms with Crippen LogP contribution in [-0.4, -0.2) is 68.8 Å². The van der Waals surface area contributed by atoms with Gasteiger partial charge in [-0.3, -0.25) is 9.69 Å². The number of ether oxygens (including phenoxy) is 3. The highest BCUT2D eigenvalue weighted by atomic mass is 16.5. The smallest absolute Gasteiger partial charge is 0.254 e. The maximum absolute atomic E-state index is 13.9. The van der Waals surface area contributed by atoms with Crippen molar-refractivity contribution >= 4 is 12.0 Å². The van der Waals surface area contributed by atoms with Crippen molar-refractivity contribution in [2.24, 2.45) is 0 Å². The highest BCUT2D eigenvalue weighted by molar-refractivity contribution is 5.96. The Hall–Kier alpha value is -2.99. The number of hydrogen-bond donors (Lipinski definition) is 0. The molecule has 0 aromatic heterocycles. The lowest BCUT2D eigenvalue weighted by Crippen LogP contribution is -2.45. The quantitative estimate of drug-likeness (QED) is 0.486. The number of amides is 1. The second-order valence-corrected chi connectivity index (χ2v) is 9.13. The monoisotopic (exact) mass is 466 g/mol. The summed E-state index contributed by atoms with van der Waals surface area (Å²) in [5, 5.41) is 0. The molecule has 1 aliphatic heterocycles. The molecule has 3 rings (SSSR count). The van der Waals surface area contributed by atoms with Gasteiger partial charge in [0.05, 0.1) is 21.3 Å². The van der Waals surface area contributed by atoms with Crippen LogP contribution in [0.15, 0.2) is 48.0 Å². The van der Waals surface area contributed by atoms with E-state index in [1.807, 2.05) is 23.1 Å². The van der Waals surface area contributed by atoms with Gasteiger partial charge in [-0.1, -0.05) is 42.0 Å². The van der Waals surface area contributed by atoms with Crippen molar-refractivity contribution < 1.29 is 19.0 Å². The fourth-order valence-electron chi connectivity index (χ4n) is 4.78. The van der Waals surface area contributed by atoms with Gasteiger partial charge in [0.25, 0.3) is 5.91 Å². The Balaban J connectivity index is 1.94. The summed E-state index contributed by atoms with van der Waals surface area (Å²) in [5.74, 6) is 1.39. The van der Waals surface area contributed by atoms with Crippen LogP contribution < -0.4 is 14.2 Å². The molecule has 1 amide bonds. The molecule has 1 fully saturated rings. The summed E-state index contributed by atoms with van der Waals surface area (Å²) < 4.78 is 16.4. The molecular formula is C28H38N2O4. The van der Waals surface area contributed by atoms with Crippen LogP contribution in [0.1, 0.15) is 49.5 Å². The molecule has 1 aliphatic rings. The second kappa shape index (κ2) is 11.9. The Morgan fingerprint density at radius 3 is 2.29 bits per heavy atom. The van der Waals surface area contributed by atoms with Crippen molar-refractivity contribution in [1.82, 2.24) is 9.80 Å². The minimum Gasteiger partial charge on any atom is -0.493 e. The lowest BCUT2D eigenvalue weighted by atomic mass is 10.1. The first-order valence-corrected chi connectivity index (χ1v) is 11.9. The lowest BCUT2D eigenvalue weighted by molar-refractivity contribution is 0.0705. The molecule has 0 bridgehead atoms. The SMILES string of the molecule is COc1cc(C(=O)N(CC(C)=Cc2ccccc2)CC2CCCN2C(C)C)cc(OC)c1OC. The molecule has 6 nitrogen and oxygen atoms in total. The molecule has 2 aromatic rings. The molecule has 1 unspecified atom stereocenters. The van der Waals surface area contributed by atoms with Crippen LogP contribution in [0.4, 0.5) is 0 Å². The topological polar surface area (TPSA) is 51.2 Å². The predicted molar refractivity (Wildman–Crippen MR) is 137 cm³/mol. The largest absolute Gasteiger partial charge is 0.493 e. The molecule has 0 radical (unpaired) electrons. The van der Waals surface area contributed by atoms with Crippen molar-refractivity contribution in [2.75, 3.05) is 41.0 Å². The average molecular weight is 467 g/mol. The van der Waals surface area contributed by atoms with Crippen molar-refractivity contribution in [1.29, 1.82) is 0 Å². The first-order chi connectivity index (χ1) is 16.4. The van der Waals surface area contributed by atoms with Gasteiger partial charge in [0.15, 0.2) is 11.5 Å². The summed E-state index contributed by atoms with van der Waals surface area (Å²) in [6.45, 7) is 8.83. The third kappa shape index (κ3) is 6.11. The summed E-state index contributed by atoms with van der Waals surface area (Å²) in [5.41, 5.74) is 2.78. The first kappa shape index (κ1) is 25.6. The van der Waals surface area contributed by atoms with Gasteiger partial charge in [-0.15, -0.1) is 0 Å². The number of carbonyl (C=O) groups is 1. The zero-order valence-electron chi connectivity index (χ0n) is 21.3. The van der Waals surface area contributed by atoms with E-state index in [2.05, 4.69) is 43.9 Å². The summed E-state index contributed by atoms with van der Waals surface area (Å²) >= 11 is 0. The third-order valence-electron chi connectivity index (χ3n) is 6.37. The van der Waals surface area contributed by atoms with Gasteiger partial charge in [0.2, 0.25) is 5.75 Å². The van der Waals surface area contributed by atoms with E-state index in [9.17, 15) is 4.79 Å². The number of hydrogen-bond acceptors (Lipinski definition) is 5. The molecule has 34 heavy (non-hydrogen) atoms. The zero-order chi connectivity index (χ0) is 24.7. The lowest BCUT2D eigenvalue weighted by Gasteiger charge is -2.33. The Kier molecular flexibility index (Phi) is 8.99. The fraction of sp³-hybridized carbons (Fsp3) is 0.464. The third-order valence-corrected chi connectivity index (χ3v) is 6.37. The summed E-state index contributed by atoms with van der Waals surface area (Å²) in [6, 6.07) is 14.5. The summed E-state index contributed by atoms with van der Waals surface area (Å²) in [6.07, 6.45) is 4.40. The van der Waals surface area contributed by atoms with Crippen molar-refractivity contribution in [2.45, 2.75) is 45.7 Å². The molecule has 6 heteroatoms. The first-order valence-electron chi connectivity index (χ1n) is 11.9. The average Bonchev–Trinajstić information content (AvgIpc) is 3.31. The van der Waals surface area contributed by atoms with E-state index in [-0.39, 0.29) is 5.91 Å². The molecule has 1 saturated heterocycles. The zero-order valence-corrected chi connectivity index (χ0v) is 21.3. The van der Waals surface area contributed by atoms with E-state index in [1.165, 1.54) is 0 Å². The normalized spacial score (nSPS) is 16.6. The van der Waals surface area contributed by atoms with Crippen molar-refractivity contribution in [3.05, 3.63) is 59.2 Å². The number of methoxy groups -OCH3 is 3. The van der Waals surface area contributed by atoms with Crippen LogP contribution in [0.5, 0.6) is 17.2 Å². The Morgan fingerprint density at radius 1 is 1.09 bits per heavy atom. The van der Waals surface area contributed by atoms with Crippen LogP contribution in [0.25, 0.3) is 6.08 Å². The van der Waals surface area contributed by atoms with Crippen molar-refractivity contribution in [3.63, 3.8) is 0 Å². The van der Waals surface area contributed by atoms with Crippen LogP contribution >= 0.6 is 0 Å². The molecule has 0 spiro atoms. The highest BCUT2D eigenvalue weighted by Gasteiger charge is 2.30. The van der Waals surface area contributed by atoms with Gasteiger partial charge in [-0.2, -0.15) is 0 Å². The van der Waals surface area contributed by atoms with Crippen molar-refractivity contribution in [3.8, 4) is 17.2 Å². The molecule has 1 heterocycles. The number of carbonyl (C=O) groups excluding carboxylic acids is 1. The molecule has 1 atom stereocenters. The van der Waals surface area contributed by atoms with E-state index in [0.717, 1.165) is 30.5 Å². The maximum atomic E-state index is 13.9. The fourth-order valence-corrected chi connectivity index (χ4v) is 4.78. The van der Waals surface area contributed by atoms with Gasteiger partial charge < -0.3 is 19.1 Å². The summed E-state index contributed by atoms with van der Waals surface area (Å²) in [7, 11) is 4.69. The van der Waals surface area contributed by atoms with Crippen LogP contribution in [-0.2, 0) is 0 Å². The van der Waals surface area contributed by atoms with Gasteiger partial charge in [-0.25, -0.2) is 0 Å². The standard InChI is InChI=1S/C28H38N2O4/c1-20(2)30-14-10-13-24(30)19-29(18-21(3)15-22-11-8-7-9-12-22)28(31)23-16-25(32-4)27(34-6)26(17-23)33-5/h7-9,11-12,15-17,20,24H,10,13-14,18-19H2,1-6H3. The van der Waals surface area contributed by atoms with Gasteiger partial charge in [-0.05, 0) is 57.9 Å². The minimum atomic E-state index is -0.0457. The number of benzene rings is 2. The number of likely N-dealkylation sites (tertiary alicyclic amines) is 1. The van der Waals surface area contributed by atoms with E-state index < -0.39 is 0 Å². The van der Waals surface area contributed by atoms with Gasteiger partial charge >= 0.3 is 0 Å². The van der Waals surface area contributed by atoms with Crippen LogP contribution in [0.3, 0.4) is 0 Å². The number of rotatable bonds is 10. The van der Waals surface area contributed by atoms with Crippen LogP contribution in [0, 0.1) is 0 Å². The molecule has 184 valence electrons. The van der Waals surface area contributed by atoms with Crippen LogP contribution in [0.2, 0.25) is 0 Å². The molecule has 0 saturated carbocycles. The second-order valence-electron chi connectivity index (χ2n) is 9.13. The summed E-state index contributed by atoms with van der Waals surface area (Å²) in [4.78, 5) is 18.3. The molecule has 0 aliphatic carbocycles. The van der Waals surface area contributed by atoms with E-state index >= 15 is 0 Å². The molecule has 2 aromatic carbocycles. The Morgan fingerprint density at radius 2 is 1.74 bits per heavy atom. The molecular weight excluding hydrogens is 428 g/mol. The van der Waals surface area contributed by atoms with E-state index in [0.29, 0.717) is 48.0 Å². The van der Waals surface area contributed by atoms with Gasteiger partial charge in [0, 0.05) is 30.7 Å². The Bertz CT molecular complexity index is 962. The number of nitrogens with zero attached hydrogens (tertiary/aromatic N) is 2. The van der Waals surface area contributed by atoms with E-state index in [1.54, 1.807) is 33.5 Å². The minimum absolute atomic E-state index is 0.0457. The highest BCUT2D eigenvalue weighted by Crippen LogP contribution is 2.38. The van der Waals surface area contributed by atoms with Gasteiger partial charge in [0.1, 0.15) is 0 Å².